The van der Waals surface area contributed by atoms with Crippen LogP contribution in [-0.2, 0) is 6.61 Å². The van der Waals surface area contributed by atoms with E-state index in [-0.39, 0.29) is 12.5 Å². The molecule has 0 saturated heterocycles. The fourth-order valence-corrected chi connectivity index (χ4v) is 3.98. The summed E-state index contributed by atoms with van der Waals surface area (Å²) in [7, 11) is 1.60. The van der Waals surface area contributed by atoms with E-state index in [0.29, 0.717) is 28.5 Å². The van der Waals surface area contributed by atoms with Gasteiger partial charge in [-0.1, -0.05) is 66.7 Å². The molecule has 0 heterocycles. The third-order valence-corrected chi connectivity index (χ3v) is 5.78. The third kappa shape index (κ3) is 5.15. The van der Waals surface area contributed by atoms with Crippen LogP contribution in [0.3, 0.4) is 0 Å². The Bertz CT molecular complexity index is 1490. The summed E-state index contributed by atoms with van der Waals surface area (Å²) < 4.78 is 17.7. The first-order valence-corrected chi connectivity index (χ1v) is 11.6. The monoisotopic (exact) mass is 475 g/mol. The van der Waals surface area contributed by atoms with Crippen LogP contribution in [0.2, 0.25) is 0 Å². The van der Waals surface area contributed by atoms with Crippen LogP contribution >= 0.6 is 0 Å². The number of carbonyl (C=O) groups excluding carboxylic acids is 1. The van der Waals surface area contributed by atoms with Crippen molar-refractivity contribution in [2.45, 2.75) is 6.61 Å². The van der Waals surface area contributed by atoms with E-state index < -0.39 is 0 Å². The van der Waals surface area contributed by atoms with Gasteiger partial charge in [-0.3, -0.25) is 4.79 Å². The van der Waals surface area contributed by atoms with Crippen molar-refractivity contribution in [1.29, 1.82) is 0 Å². The van der Waals surface area contributed by atoms with Crippen LogP contribution < -0.4 is 19.5 Å². The lowest BCUT2D eigenvalue weighted by Gasteiger charge is -2.15. The molecule has 36 heavy (non-hydrogen) atoms. The van der Waals surface area contributed by atoms with Gasteiger partial charge in [0.05, 0.1) is 12.8 Å². The molecule has 0 saturated carbocycles. The zero-order chi connectivity index (χ0) is 24.7. The van der Waals surface area contributed by atoms with E-state index in [0.717, 1.165) is 22.1 Å². The largest absolute Gasteiger partial charge is 0.496 e. The SMILES string of the molecule is COc1ccc(C(=O)Nc2ccccc2Oc2ccccc2)cc1COc1cccc2ccccc12. The van der Waals surface area contributed by atoms with Crippen LogP contribution in [0.15, 0.2) is 115 Å². The Morgan fingerprint density at radius 2 is 1.44 bits per heavy atom. The predicted molar refractivity (Wildman–Crippen MR) is 142 cm³/mol. The van der Waals surface area contributed by atoms with Crippen molar-refractivity contribution in [2.75, 3.05) is 12.4 Å². The van der Waals surface area contributed by atoms with Gasteiger partial charge in [-0.05, 0) is 53.9 Å². The number of nitrogens with one attached hydrogen (secondary N) is 1. The summed E-state index contributed by atoms with van der Waals surface area (Å²) in [4.78, 5) is 13.2. The first kappa shape index (κ1) is 23.0. The zero-order valence-corrected chi connectivity index (χ0v) is 19.8. The second kappa shape index (κ2) is 10.7. The molecule has 0 aliphatic carbocycles. The van der Waals surface area contributed by atoms with Gasteiger partial charge in [0.1, 0.15) is 23.9 Å². The molecule has 0 unspecified atom stereocenters. The normalized spacial score (nSPS) is 10.6. The summed E-state index contributed by atoms with van der Waals surface area (Å²) in [6.45, 7) is 0.256. The number of benzene rings is 5. The van der Waals surface area contributed by atoms with Gasteiger partial charge in [0.25, 0.3) is 5.91 Å². The first-order chi connectivity index (χ1) is 17.7. The maximum atomic E-state index is 13.2. The molecule has 178 valence electrons. The molecular formula is C31H25NO4. The second-order valence-electron chi connectivity index (χ2n) is 8.16. The number of carbonyl (C=O) groups is 1. The lowest BCUT2D eigenvalue weighted by molar-refractivity contribution is 0.102. The Kier molecular flexibility index (Phi) is 6.81. The fraction of sp³-hybridized carbons (Fsp3) is 0.0645. The van der Waals surface area contributed by atoms with E-state index in [4.69, 9.17) is 14.2 Å². The van der Waals surface area contributed by atoms with E-state index in [9.17, 15) is 4.79 Å². The minimum absolute atomic E-state index is 0.256. The van der Waals surface area contributed by atoms with Gasteiger partial charge in [-0.15, -0.1) is 0 Å². The molecule has 5 aromatic rings. The van der Waals surface area contributed by atoms with Crippen molar-refractivity contribution in [3.8, 4) is 23.0 Å². The molecule has 1 N–H and O–H groups in total. The Hall–Kier alpha value is -4.77. The average molecular weight is 476 g/mol. The van der Waals surface area contributed by atoms with Gasteiger partial charge < -0.3 is 19.5 Å². The van der Waals surface area contributed by atoms with E-state index >= 15 is 0 Å². The molecule has 0 aromatic heterocycles. The molecule has 0 spiro atoms. The van der Waals surface area contributed by atoms with Crippen LogP contribution in [0.1, 0.15) is 15.9 Å². The number of amides is 1. The number of para-hydroxylation sites is 3. The average Bonchev–Trinajstić information content (AvgIpc) is 2.93. The summed E-state index contributed by atoms with van der Waals surface area (Å²) in [6.07, 6.45) is 0. The highest BCUT2D eigenvalue weighted by molar-refractivity contribution is 6.05. The zero-order valence-electron chi connectivity index (χ0n) is 19.8. The van der Waals surface area contributed by atoms with Gasteiger partial charge >= 0.3 is 0 Å². The minimum atomic E-state index is -0.256. The van der Waals surface area contributed by atoms with Gasteiger partial charge in [0.2, 0.25) is 0 Å². The Balaban J connectivity index is 1.35. The molecule has 1 amide bonds. The molecule has 0 aliphatic heterocycles. The van der Waals surface area contributed by atoms with Crippen LogP contribution in [0.4, 0.5) is 5.69 Å². The quantitative estimate of drug-likeness (QED) is 0.253. The fourth-order valence-electron chi connectivity index (χ4n) is 3.98. The summed E-state index contributed by atoms with van der Waals surface area (Å²) in [5.41, 5.74) is 1.84. The van der Waals surface area contributed by atoms with E-state index in [1.165, 1.54) is 0 Å². The highest BCUT2D eigenvalue weighted by Crippen LogP contribution is 2.31. The lowest BCUT2D eigenvalue weighted by atomic mass is 10.1. The maximum absolute atomic E-state index is 13.2. The topological polar surface area (TPSA) is 56.8 Å². The van der Waals surface area contributed by atoms with Gasteiger partial charge in [-0.25, -0.2) is 0 Å². The van der Waals surface area contributed by atoms with Crippen molar-refractivity contribution in [2.24, 2.45) is 0 Å². The molecule has 5 rings (SSSR count). The van der Waals surface area contributed by atoms with Crippen LogP contribution in [0, 0.1) is 0 Å². The summed E-state index contributed by atoms with van der Waals surface area (Å²) >= 11 is 0. The number of ether oxygens (including phenoxy) is 3. The Morgan fingerprint density at radius 1 is 0.722 bits per heavy atom. The minimum Gasteiger partial charge on any atom is -0.496 e. The Morgan fingerprint density at radius 3 is 2.31 bits per heavy atom. The summed E-state index contributed by atoms with van der Waals surface area (Å²) in [5, 5.41) is 5.10. The van der Waals surface area contributed by atoms with Crippen molar-refractivity contribution < 1.29 is 19.0 Å². The second-order valence-corrected chi connectivity index (χ2v) is 8.16. The van der Waals surface area contributed by atoms with Crippen molar-refractivity contribution in [1.82, 2.24) is 0 Å². The number of hydrogen-bond donors (Lipinski definition) is 1. The number of hydrogen-bond acceptors (Lipinski definition) is 4. The third-order valence-electron chi connectivity index (χ3n) is 5.78. The molecule has 5 nitrogen and oxygen atoms in total. The van der Waals surface area contributed by atoms with E-state index in [1.807, 2.05) is 97.1 Å². The number of methoxy groups -OCH3 is 1. The highest BCUT2D eigenvalue weighted by Gasteiger charge is 2.14. The predicted octanol–water partition coefficient (Wildman–Crippen LogP) is 7.47. The molecular weight excluding hydrogens is 450 g/mol. The molecule has 0 aliphatic rings. The number of fused-ring (bicyclic) bond motifs is 1. The molecule has 0 radical (unpaired) electrons. The molecule has 0 atom stereocenters. The summed E-state index contributed by atoms with van der Waals surface area (Å²) in [6, 6.07) is 36.1. The number of anilines is 1. The summed E-state index contributed by atoms with van der Waals surface area (Å²) in [5.74, 6) is 2.42. The van der Waals surface area contributed by atoms with Gasteiger partial charge in [0.15, 0.2) is 5.75 Å². The van der Waals surface area contributed by atoms with Crippen LogP contribution in [-0.4, -0.2) is 13.0 Å². The van der Waals surface area contributed by atoms with E-state index in [1.54, 1.807) is 25.3 Å². The molecule has 5 aromatic carbocycles. The van der Waals surface area contributed by atoms with Crippen LogP contribution in [0.5, 0.6) is 23.0 Å². The lowest BCUT2D eigenvalue weighted by Crippen LogP contribution is -2.13. The first-order valence-electron chi connectivity index (χ1n) is 11.6. The van der Waals surface area contributed by atoms with Crippen molar-refractivity contribution in [3.05, 3.63) is 126 Å². The standard InChI is InChI=1S/C31H25NO4/c1-34-28-19-18-23(20-24(28)21-35-29-17-9-11-22-10-5-6-14-26(22)29)31(33)32-27-15-7-8-16-30(27)36-25-12-3-2-4-13-25/h2-20H,21H2,1H3,(H,32,33). The van der Waals surface area contributed by atoms with E-state index in [2.05, 4.69) is 5.32 Å². The molecule has 0 bridgehead atoms. The smallest absolute Gasteiger partial charge is 0.255 e. The van der Waals surface area contributed by atoms with Crippen LogP contribution in [0.25, 0.3) is 10.8 Å². The van der Waals surface area contributed by atoms with Gasteiger partial charge in [0, 0.05) is 16.5 Å². The van der Waals surface area contributed by atoms with Gasteiger partial charge in [-0.2, -0.15) is 0 Å². The molecule has 5 heteroatoms. The Labute approximate surface area is 209 Å². The molecule has 0 fully saturated rings. The van der Waals surface area contributed by atoms with Crippen molar-refractivity contribution >= 4 is 22.4 Å². The maximum Gasteiger partial charge on any atom is 0.255 e. The number of rotatable bonds is 8. The van der Waals surface area contributed by atoms with Crippen molar-refractivity contribution in [3.63, 3.8) is 0 Å². The highest BCUT2D eigenvalue weighted by atomic mass is 16.5.